The Labute approximate surface area is 289 Å². The number of benzene rings is 4. The first-order valence-electron chi connectivity index (χ1n) is 15.5. The number of hydrogen-bond donors (Lipinski definition) is 6. The fourth-order valence-corrected chi connectivity index (χ4v) is 10.9. The third kappa shape index (κ3) is 5.92. The Morgan fingerprint density at radius 1 is 0.522 bits per heavy atom. The molecule has 0 aliphatic heterocycles. The van der Waals surface area contributed by atoms with Crippen LogP contribution in [0.1, 0.15) is 95.9 Å². The third-order valence-electron chi connectivity index (χ3n) is 8.52. The van der Waals surface area contributed by atoms with Crippen LogP contribution in [0.2, 0.25) is 0 Å². The van der Waals surface area contributed by atoms with Gasteiger partial charge in [0.25, 0.3) is 0 Å². The Morgan fingerprint density at radius 3 is 1.09 bits per heavy atom. The van der Waals surface area contributed by atoms with Crippen molar-refractivity contribution in [1.29, 1.82) is 0 Å². The highest BCUT2D eigenvalue weighted by Gasteiger charge is 2.33. The molecule has 10 heteroatoms. The zero-order valence-electron chi connectivity index (χ0n) is 28.2. The lowest BCUT2D eigenvalue weighted by atomic mass is 9.83. The second-order valence-electron chi connectivity index (χ2n) is 12.1. The van der Waals surface area contributed by atoms with Gasteiger partial charge in [0.05, 0.1) is 9.16 Å². The van der Waals surface area contributed by atoms with Crippen molar-refractivity contribution in [3.8, 4) is 45.6 Å². The Morgan fingerprint density at radius 2 is 0.826 bits per heavy atom. The van der Waals surface area contributed by atoms with E-state index in [-0.39, 0.29) is 55.5 Å². The summed E-state index contributed by atoms with van der Waals surface area (Å²) in [6, 6.07) is 3.84. The van der Waals surface area contributed by atoms with Crippen LogP contribution in [0.4, 0.5) is 0 Å². The van der Waals surface area contributed by atoms with E-state index in [0.29, 0.717) is 66.1 Å². The summed E-state index contributed by atoms with van der Waals surface area (Å²) in [7, 11) is 0. The lowest BCUT2D eigenvalue weighted by Crippen LogP contribution is -2.03. The van der Waals surface area contributed by atoms with Crippen LogP contribution in [0.15, 0.2) is 12.1 Å². The largest absolute Gasteiger partial charge is 0.507 e. The van der Waals surface area contributed by atoms with E-state index in [1.165, 1.54) is 23.5 Å². The maximum atomic E-state index is 12.4. The summed E-state index contributed by atoms with van der Waals surface area (Å²) >= 11 is 6.23. The van der Waals surface area contributed by atoms with Crippen molar-refractivity contribution in [1.82, 2.24) is 0 Å². The standard InChI is InChI=1S/C36H46O6S4/c1-11-45-35(43-9)27-25-19(21(15(3)4)31(39)33(27)41)13-17(7)23(29(25)37)24-18(8)14-20-22(16(5)6)32(40)34(42)28(26(20)30(24)38)36(44-10)46-12-2/h13-16,35-42H,11-12H2,1-10H3. The predicted octanol–water partition coefficient (Wildman–Crippen LogP) is 11.0. The van der Waals surface area contributed by atoms with Gasteiger partial charge in [-0.3, -0.25) is 0 Å². The molecule has 6 N–H and O–H groups in total. The molecule has 0 saturated heterocycles. The van der Waals surface area contributed by atoms with Crippen LogP contribution in [0.3, 0.4) is 0 Å². The molecule has 0 bridgehead atoms. The summed E-state index contributed by atoms with van der Waals surface area (Å²) in [5.74, 6) is 0.185. The van der Waals surface area contributed by atoms with Crippen molar-refractivity contribution in [2.45, 2.75) is 76.4 Å². The molecular formula is C36H46O6S4. The summed E-state index contributed by atoms with van der Waals surface area (Å²) in [4.78, 5) is 0. The number of rotatable bonds is 11. The minimum atomic E-state index is -0.277. The van der Waals surface area contributed by atoms with Gasteiger partial charge in [0.15, 0.2) is 23.0 Å². The van der Waals surface area contributed by atoms with Gasteiger partial charge in [0.1, 0.15) is 11.5 Å². The number of phenolic OH excluding ortho intramolecular Hbond substituents is 6. The van der Waals surface area contributed by atoms with Gasteiger partial charge in [-0.25, -0.2) is 0 Å². The summed E-state index contributed by atoms with van der Waals surface area (Å²) in [6.45, 7) is 15.5. The van der Waals surface area contributed by atoms with E-state index >= 15 is 0 Å². The zero-order valence-corrected chi connectivity index (χ0v) is 31.5. The molecule has 4 aromatic rings. The fraction of sp³-hybridized carbons (Fsp3) is 0.444. The average Bonchev–Trinajstić information content (AvgIpc) is 2.98. The molecule has 0 spiro atoms. The molecule has 2 unspecified atom stereocenters. The van der Waals surface area contributed by atoms with E-state index in [9.17, 15) is 30.6 Å². The van der Waals surface area contributed by atoms with Gasteiger partial charge in [0.2, 0.25) is 0 Å². The van der Waals surface area contributed by atoms with E-state index in [4.69, 9.17) is 0 Å². The molecule has 4 aromatic carbocycles. The van der Waals surface area contributed by atoms with Crippen molar-refractivity contribution in [2.75, 3.05) is 24.0 Å². The van der Waals surface area contributed by atoms with Crippen LogP contribution in [-0.4, -0.2) is 54.7 Å². The van der Waals surface area contributed by atoms with Gasteiger partial charge in [-0.15, -0.1) is 47.0 Å². The number of thioether (sulfide) groups is 4. The molecule has 0 radical (unpaired) electrons. The quantitative estimate of drug-likeness (QED) is 0.0665. The number of aromatic hydroxyl groups is 6. The van der Waals surface area contributed by atoms with Crippen LogP contribution in [0.5, 0.6) is 34.5 Å². The number of hydrogen-bond acceptors (Lipinski definition) is 10. The maximum Gasteiger partial charge on any atom is 0.163 e. The summed E-state index contributed by atoms with van der Waals surface area (Å²) < 4.78 is -0.554. The third-order valence-corrected chi connectivity index (χ3v) is 13.6. The van der Waals surface area contributed by atoms with Crippen molar-refractivity contribution in [3.05, 3.63) is 45.5 Å². The number of fused-ring (bicyclic) bond motifs is 2. The first-order valence-corrected chi connectivity index (χ1v) is 20.1. The molecule has 0 aromatic heterocycles. The summed E-state index contributed by atoms with van der Waals surface area (Å²) in [5.41, 5.74) is 4.18. The van der Waals surface area contributed by atoms with E-state index in [1.807, 2.05) is 80.0 Å². The second kappa shape index (κ2) is 14.4. The lowest BCUT2D eigenvalue weighted by molar-refractivity contribution is 0.396. The van der Waals surface area contributed by atoms with Gasteiger partial charge < -0.3 is 30.6 Å². The Hall–Kier alpha value is -2.40. The number of phenols is 6. The zero-order chi connectivity index (χ0) is 34.4. The van der Waals surface area contributed by atoms with Crippen LogP contribution >= 0.6 is 47.0 Å². The maximum absolute atomic E-state index is 12.4. The van der Waals surface area contributed by atoms with Crippen molar-refractivity contribution < 1.29 is 30.6 Å². The normalized spacial score (nSPS) is 13.4. The van der Waals surface area contributed by atoms with Gasteiger partial charge in [0, 0.05) is 44.2 Å². The van der Waals surface area contributed by atoms with Gasteiger partial charge in [-0.1, -0.05) is 53.7 Å². The van der Waals surface area contributed by atoms with E-state index in [2.05, 4.69) is 0 Å². The van der Waals surface area contributed by atoms with Crippen LogP contribution in [0, 0.1) is 13.8 Å². The monoisotopic (exact) mass is 702 g/mol. The molecule has 6 nitrogen and oxygen atoms in total. The molecule has 0 aliphatic rings. The Kier molecular flexibility index (Phi) is 11.4. The summed E-state index contributed by atoms with van der Waals surface area (Å²) in [6.07, 6.45) is 3.87. The van der Waals surface area contributed by atoms with Crippen molar-refractivity contribution in [3.63, 3.8) is 0 Å². The predicted molar refractivity (Wildman–Crippen MR) is 203 cm³/mol. The Balaban J connectivity index is 2.29. The van der Waals surface area contributed by atoms with E-state index < -0.39 is 0 Å². The van der Waals surface area contributed by atoms with Crippen molar-refractivity contribution >= 4 is 68.6 Å². The molecule has 2 atom stereocenters. The molecule has 0 amide bonds. The van der Waals surface area contributed by atoms with Crippen LogP contribution in [0.25, 0.3) is 32.7 Å². The molecule has 4 rings (SSSR count). The molecule has 0 saturated carbocycles. The highest BCUT2D eigenvalue weighted by molar-refractivity contribution is 8.16. The SMILES string of the molecule is CCSC(SC)c1c(O)c(O)c(C(C)C)c2cc(C)c(-c3c(C)cc4c(C(C)C)c(O)c(O)c(C(SC)SCC)c4c3O)c(O)c12. The van der Waals surface area contributed by atoms with Gasteiger partial charge >= 0.3 is 0 Å². The first-order chi connectivity index (χ1) is 21.7. The molecule has 0 aliphatic carbocycles. The Bertz CT molecular complexity index is 1670. The minimum absolute atomic E-state index is 0.0892. The van der Waals surface area contributed by atoms with E-state index in [1.54, 1.807) is 23.5 Å². The highest BCUT2D eigenvalue weighted by atomic mass is 32.2. The summed E-state index contributed by atoms with van der Waals surface area (Å²) in [5, 5.41) is 72.4. The average molecular weight is 703 g/mol. The highest BCUT2D eigenvalue weighted by Crippen LogP contribution is 2.59. The van der Waals surface area contributed by atoms with Crippen molar-refractivity contribution in [2.24, 2.45) is 0 Å². The lowest BCUT2D eigenvalue weighted by Gasteiger charge is -2.27. The fourth-order valence-electron chi connectivity index (χ4n) is 6.67. The van der Waals surface area contributed by atoms with Gasteiger partial charge in [-0.05, 0) is 71.6 Å². The topological polar surface area (TPSA) is 121 Å². The van der Waals surface area contributed by atoms with Crippen LogP contribution < -0.4 is 0 Å². The number of aryl methyl sites for hydroxylation is 2. The minimum Gasteiger partial charge on any atom is -0.507 e. The molecule has 0 heterocycles. The molecule has 250 valence electrons. The molecular weight excluding hydrogens is 657 g/mol. The van der Waals surface area contributed by atoms with E-state index in [0.717, 1.165) is 11.5 Å². The van der Waals surface area contributed by atoms with Gasteiger partial charge in [-0.2, -0.15) is 0 Å². The van der Waals surface area contributed by atoms with Crippen LogP contribution in [-0.2, 0) is 0 Å². The smallest absolute Gasteiger partial charge is 0.163 e. The second-order valence-corrected chi connectivity index (χ2v) is 17.3. The molecule has 46 heavy (non-hydrogen) atoms. The first kappa shape index (κ1) is 36.4. The molecule has 0 fully saturated rings.